The Morgan fingerprint density at radius 1 is 0.275 bits per heavy atom. The third-order valence-electron chi connectivity index (χ3n) is 5.98. The summed E-state index contributed by atoms with van der Waals surface area (Å²) in [6.45, 7) is 33.1. The Kier molecular flexibility index (Phi) is 19.6. The number of rotatable bonds is 6. The molecule has 0 aromatic heterocycles. The molecule has 0 aliphatic rings. The van der Waals surface area contributed by atoms with Crippen LogP contribution in [0.3, 0.4) is 0 Å². The zero-order chi connectivity index (χ0) is 32.6. The molecule has 6 nitrogen and oxygen atoms in total. The van der Waals surface area contributed by atoms with Crippen molar-refractivity contribution in [1.82, 2.24) is 0 Å². The molecule has 0 aliphatic heterocycles. The SMILES string of the molecule is CC(C)(C)C(=O)CC(=O)C(C)(C)C.CC(C)(C)C(=O)CC(=O)C(C)(C)C.CC(C)(C)C(=O)CC(=O)C(C)(C)C.[Ce]. The van der Waals surface area contributed by atoms with Crippen LogP contribution in [0.15, 0.2) is 0 Å². The first-order chi connectivity index (χ1) is 16.6. The number of carbonyl (C=O) groups excluding carboxylic acids is 6. The molecule has 0 aliphatic carbocycles. The fourth-order valence-corrected chi connectivity index (χ4v) is 2.03. The summed E-state index contributed by atoms with van der Waals surface area (Å²) in [5, 5.41) is 0. The maximum atomic E-state index is 11.5. The number of hydrogen-bond acceptors (Lipinski definition) is 6. The summed E-state index contributed by atoms with van der Waals surface area (Å²) in [6, 6.07) is 0. The second kappa shape index (κ2) is 16.9. The van der Waals surface area contributed by atoms with Crippen LogP contribution in [-0.2, 0) is 28.8 Å². The van der Waals surface area contributed by atoms with E-state index in [-0.39, 0.29) is 95.7 Å². The van der Waals surface area contributed by atoms with E-state index in [1.165, 1.54) is 0 Å². The minimum atomic E-state index is -0.402. The average molecular weight is 693 g/mol. The summed E-state index contributed by atoms with van der Waals surface area (Å²) in [7, 11) is 0. The van der Waals surface area contributed by atoms with Crippen LogP contribution in [0, 0.1) is 74.2 Å². The van der Waals surface area contributed by atoms with Crippen molar-refractivity contribution >= 4 is 34.7 Å². The van der Waals surface area contributed by atoms with Crippen molar-refractivity contribution in [2.24, 2.45) is 32.5 Å². The molecule has 0 atom stereocenters. The summed E-state index contributed by atoms with van der Waals surface area (Å²) in [4.78, 5) is 69.0. The van der Waals surface area contributed by atoms with E-state index in [9.17, 15) is 28.8 Å². The molecule has 0 rings (SSSR count). The first kappa shape index (κ1) is 46.4. The van der Waals surface area contributed by atoms with E-state index < -0.39 is 32.5 Å². The quantitative estimate of drug-likeness (QED) is 0.263. The van der Waals surface area contributed by atoms with E-state index in [0.29, 0.717) is 0 Å². The molecule has 7 heteroatoms. The summed E-state index contributed by atoms with van der Waals surface area (Å²) < 4.78 is 0. The van der Waals surface area contributed by atoms with Crippen molar-refractivity contribution < 1.29 is 70.5 Å². The van der Waals surface area contributed by atoms with E-state index in [2.05, 4.69) is 0 Å². The monoisotopic (exact) mass is 692 g/mol. The molecular weight excluding hydrogens is 632 g/mol. The minimum Gasteiger partial charge on any atom is -0.299 e. The van der Waals surface area contributed by atoms with Gasteiger partial charge in [0.15, 0.2) is 0 Å². The fraction of sp³-hybridized carbons (Fsp3) is 0.818. The third-order valence-corrected chi connectivity index (χ3v) is 5.98. The van der Waals surface area contributed by atoms with Crippen molar-refractivity contribution in [3.05, 3.63) is 0 Å². The fourth-order valence-electron chi connectivity index (χ4n) is 2.03. The van der Waals surface area contributed by atoms with Gasteiger partial charge in [-0.3, -0.25) is 28.8 Å². The van der Waals surface area contributed by atoms with Crippen molar-refractivity contribution in [2.45, 2.75) is 144 Å². The van der Waals surface area contributed by atoms with Crippen LogP contribution in [0.25, 0.3) is 0 Å². The van der Waals surface area contributed by atoms with Crippen LogP contribution in [0.5, 0.6) is 0 Å². The summed E-state index contributed by atoms with van der Waals surface area (Å²) in [6.07, 6.45) is 0.187. The Hall–Kier alpha value is -0.603. The van der Waals surface area contributed by atoms with Crippen molar-refractivity contribution in [3.8, 4) is 0 Å². The van der Waals surface area contributed by atoms with Crippen LogP contribution < -0.4 is 0 Å². The first-order valence-electron chi connectivity index (χ1n) is 13.8. The van der Waals surface area contributed by atoms with Gasteiger partial charge in [-0.2, -0.15) is 0 Å². The predicted molar refractivity (Wildman–Crippen MR) is 161 cm³/mol. The van der Waals surface area contributed by atoms with Gasteiger partial charge in [0, 0.05) is 74.2 Å². The molecular formula is C33H60CeO6. The molecule has 0 radical (unpaired) electrons. The van der Waals surface area contributed by atoms with Gasteiger partial charge >= 0.3 is 0 Å². The molecule has 0 saturated heterocycles. The molecule has 232 valence electrons. The Labute approximate surface area is 279 Å². The van der Waals surface area contributed by atoms with E-state index in [1.807, 2.05) is 125 Å². The standard InChI is InChI=1S/3C11H20O2.Ce/c3*1-10(2,3)8(12)7-9(13)11(4,5)6;/h3*7H2,1-6H3;. The zero-order valence-corrected chi connectivity index (χ0v) is 32.2. The van der Waals surface area contributed by atoms with E-state index in [1.54, 1.807) is 0 Å². The van der Waals surface area contributed by atoms with Crippen molar-refractivity contribution in [1.29, 1.82) is 0 Å². The smallest absolute Gasteiger partial charge is 0.145 e. The molecule has 0 fully saturated rings. The first-order valence-corrected chi connectivity index (χ1v) is 13.8. The second-order valence-corrected chi connectivity index (χ2v) is 16.6. The molecule has 40 heavy (non-hydrogen) atoms. The molecule has 0 amide bonds. The molecule has 0 aromatic carbocycles. The Morgan fingerprint density at radius 3 is 0.400 bits per heavy atom. The number of Topliss-reactive ketones (excluding diaryl/α,β-unsaturated/α-hetero) is 6. The van der Waals surface area contributed by atoms with Crippen LogP contribution >= 0.6 is 0 Å². The van der Waals surface area contributed by atoms with E-state index >= 15 is 0 Å². The largest absolute Gasteiger partial charge is 0.299 e. The van der Waals surface area contributed by atoms with Gasteiger partial charge in [-0.1, -0.05) is 125 Å². The Bertz CT molecular complexity index is 693. The van der Waals surface area contributed by atoms with E-state index in [4.69, 9.17) is 0 Å². The van der Waals surface area contributed by atoms with Crippen LogP contribution in [0.2, 0.25) is 0 Å². The average Bonchev–Trinajstić information content (AvgIpc) is 2.64. The summed E-state index contributed by atoms with van der Waals surface area (Å²) >= 11 is 0. The second-order valence-electron chi connectivity index (χ2n) is 16.6. The molecule has 0 heterocycles. The molecule has 0 spiro atoms. The Morgan fingerprint density at radius 2 is 0.350 bits per heavy atom. The van der Waals surface area contributed by atoms with Gasteiger partial charge in [0.1, 0.15) is 34.7 Å². The topological polar surface area (TPSA) is 102 Å². The maximum absolute atomic E-state index is 11.5. The summed E-state index contributed by atoms with van der Waals surface area (Å²) in [5.74, 6) is 0.125. The van der Waals surface area contributed by atoms with E-state index in [0.717, 1.165) is 0 Å². The molecule has 0 unspecified atom stereocenters. The minimum absolute atomic E-state index is 0. The number of hydrogen-bond donors (Lipinski definition) is 0. The predicted octanol–water partition coefficient (Wildman–Crippen LogP) is 7.82. The van der Waals surface area contributed by atoms with Crippen molar-refractivity contribution in [3.63, 3.8) is 0 Å². The van der Waals surface area contributed by atoms with Gasteiger partial charge in [0.05, 0.1) is 19.3 Å². The van der Waals surface area contributed by atoms with Crippen molar-refractivity contribution in [2.75, 3.05) is 0 Å². The number of carbonyl (C=O) groups is 6. The maximum Gasteiger partial charge on any atom is 0.145 e. The molecule has 0 saturated carbocycles. The summed E-state index contributed by atoms with van der Waals surface area (Å²) in [5.41, 5.74) is -2.41. The van der Waals surface area contributed by atoms with Crippen LogP contribution in [-0.4, -0.2) is 34.7 Å². The third kappa shape index (κ3) is 22.1. The Balaban J connectivity index is -0.000000240. The van der Waals surface area contributed by atoms with Gasteiger partial charge in [-0.25, -0.2) is 0 Å². The van der Waals surface area contributed by atoms with Crippen LogP contribution in [0.1, 0.15) is 144 Å². The zero-order valence-electron chi connectivity index (χ0n) is 29.1. The molecule has 0 aromatic rings. The van der Waals surface area contributed by atoms with Gasteiger partial charge in [0.2, 0.25) is 0 Å². The molecule has 0 N–H and O–H groups in total. The van der Waals surface area contributed by atoms with Gasteiger partial charge in [0.25, 0.3) is 0 Å². The van der Waals surface area contributed by atoms with Gasteiger partial charge in [-0.05, 0) is 0 Å². The molecule has 0 bridgehead atoms. The number of ketones is 6. The normalized spacial score (nSPS) is 12.4. The van der Waals surface area contributed by atoms with Crippen LogP contribution in [0.4, 0.5) is 0 Å². The van der Waals surface area contributed by atoms with Gasteiger partial charge < -0.3 is 0 Å². The van der Waals surface area contributed by atoms with Gasteiger partial charge in [-0.15, -0.1) is 0 Å².